The molecule has 0 aromatic heterocycles. The maximum Gasteiger partial charge on any atom is 0.0764 e. The molecule has 1 aliphatic heterocycles. The highest BCUT2D eigenvalue weighted by atomic mass is 16.5. The zero-order valence-electron chi connectivity index (χ0n) is 9.29. The highest BCUT2D eigenvalue weighted by Crippen LogP contribution is 2.26. The minimum atomic E-state index is 0.232. The van der Waals surface area contributed by atoms with Crippen LogP contribution < -0.4 is 10.6 Å². The minimum absolute atomic E-state index is 0.232. The summed E-state index contributed by atoms with van der Waals surface area (Å²) in [6.07, 6.45) is 0.232. The third-order valence-corrected chi connectivity index (χ3v) is 2.78. The topological polar surface area (TPSA) is 33.3 Å². The second-order valence-corrected chi connectivity index (χ2v) is 3.84. The lowest BCUT2D eigenvalue weighted by Crippen LogP contribution is -2.42. The monoisotopic (exact) mass is 206 g/mol. The van der Waals surface area contributed by atoms with Crippen molar-refractivity contribution in [3.63, 3.8) is 0 Å². The van der Waals surface area contributed by atoms with Crippen LogP contribution in [0.2, 0.25) is 0 Å². The van der Waals surface area contributed by atoms with Gasteiger partial charge in [0.2, 0.25) is 0 Å². The first-order chi connectivity index (χ1) is 7.31. The van der Waals surface area contributed by atoms with Gasteiger partial charge in [-0.25, -0.2) is 0 Å². The van der Waals surface area contributed by atoms with Crippen LogP contribution in [0.25, 0.3) is 0 Å². The normalized spacial score (nSPS) is 21.1. The molecule has 15 heavy (non-hydrogen) atoms. The van der Waals surface area contributed by atoms with Gasteiger partial charge in [-0.3, -0.25) is 0 Å². The van der Waals surface area contributed by atoms with Gasteiger partial charge in [0.25, 0.3) is 0 Å². The Morgan fingerprint density at radius 3 is 2.87 bits per heavy atom. The minimum Gasteiger partial charge on any atom is -0.381 e. The summed E-state index contributed by atoms with van der Waals surface area (Å²) in [5.41, 5.74) is 2.35. The molecule has 0 aliphatic carbocycles. The molecule has 0 saturated carbocycles. The molecule has 0 fully saturated rings. The third-order valence-electron chi connectivity index (χ3n) is 2.78. The summed E-state index contributed by atoms with van der Waals surface area (Å²) in [5.74, 6) is 0. The van der Waals surface area contributed by atoms with Crippen LogP contribution in [0.3, 0.4) is 0 Å². The lowest BCUT2D eigenvalue weighted by molar-refractivity contribution is 0.0647. The van der Waals surface area contributed by atoms with Gasteiger partial charge in [-0.15, -0.1) is 0 Å². The number of hydrogen-bond acceptors (Lipinski definition) is 3. The van der Waals surface area contributed by atoms with E-state index in [1.54, 1.807) is 0 Å². The smallest absolute Gasteiger partial charge is 0.0764 e. The molecule has 1 aliphatic rings. The van der Waals surface area contributed by atoms with Crippen molar-refractivity contribution in [2.75, 3.05) is 23.8 Å². The number of nitrogens with one attached hydrogen (secondary N) is 2. The molecule has 0 bridgehead atoms. The second kappa shape index (κ2) is 4.53. The van der Waals surface area contributed by atoms with Crippen LogP contribution in [0.4, 0.5) is 11.4 Å². The molecule has 0 amide bonds. The Bertz CT molecular complexity index is 327. The maximum absolute atomic E-state index is 5.59. The molecule has 3 heteroatoms. The maximum atomic E-state index is 5.59. The number of fused-ring (bicyclic) bond motifs is 1. The molecule has 2 rings (SSSR count). The fraction of sp³-hybridized carbons (Fsp3) is 0.500. The SMILES string of the molecule is CCOC(C)C1CNc2ccccc2N1. The van der Waals surface area contributed by atoms with E-state index in [4.69, 9.17) is 4.74 Å². The number of anilines is 2. The molecular weight excluding hydrogens is 188 g/mol. The first-order valence-corrected chi connectivity index (χ1v) is 5.52. The Balaban J connectivity index is 2.05. The van der Waals surface area contributed by atoms with Crippen LogP contribution in [0.15, 0.2) is 24.3 Å². The highest BCUT2D eigenvalue weighted by molar-refractivity contribution is 5.71. The Morgan fingerprint density at radius 1 is 1.40 bits per heavy atom. The number of ether oxygens (including phenoxy) is 1. The van der Waals surface area contributed by atoms with Gasteiger partial charge in [0, 0.05) is 13.2 Å². The molecule has 2 N–H and O–H groups in total. The van der Waals surface area contributed by atoms with Crippen LogP contribution in [0.5, 0.6) is 0 Å². The third kappa shape index (κ3) is 2.23. The van der Waals surface area contributed by atoms with Crippen molar-refractivity contribution in [1.82, 2.24) is 0 Å². The number of rotatable bonds is 3. The predicted molar refractivity (Wildman–Crippen MR) is 63.4 cm³/mol. The summed E-state index contributed by atoms with van der Waals surface area (Å²) in [6.45, 7) is 5.82. The number of benzene rings is 1. The molecule has 3 nitrogen and oxygen atoms in total. The summed E-state index contributed by atoms with van der Waals surface area (Å²) >= 11 is 0. The van der Waals surface area contributed by atoms with Gasteiger partial charge in [-0.2, -0.15) is 0 Å². The van der Waals surface area contributed by atoms with Crippen molar-refractivity contribution in [1.29, 1.82) is 0 Å². The molecule has 1 aromatic carbocycles. The Hall–Kier alpha value is -1.22. The molecule has 0 spiro atoms. The fourth-order valence-corrected chi connectivity index (χ4v) is 1.90. The molecule has 2 atom stereocenters. The van der Waals surface area contributed by atoms with Crippen molar-refractivity contribution < 1.29 is 4.74 Å². The van der Waals surface area contributed by atoms with Crippen LogP contribution in [0.1, 0.15) is 13.8 Å². The Morgan fingerprint density at radius 2 is 2.13 bits per heavy atom. The van der Waals surface area contributed by atoms with Gasteiger partial charge in [0.05, 0.1) is 23.5 Å². The summed E-state index contributed by atoms with van der Waals surface area (Å²) in [5, 5.41) is 6.90. The van der Waals surface area contributed by atoms with Crippen LogP contribution in [0, 0.1) is 0 Å². The molecular formula is C12H18N2O. The van der Waals surface area contributed by atoms with Gasteiger partial charge in [-0.05, 0) is 26.0 Å². The van der Waals surface area contributed by atoms with Crippen molar-refractivity contribution in [2.24, 2.45) is 0 Å². The van der Waals surface area contributed by atoms with Gasteiger partial charge in [-0.1, -0.05) is 12.1 Å². The van der Waals surface area contributed by atoms with Crippen molar-refractivity contribution >= 4 is 11.4 Å². The summed E-state index contributed by atoms with van der Waals surface area (Å²) in [7, 11) is 0. The average Bonchev–Trinajstić information content (AvgIpc) is 2.29. The average molecular weight is 206 g/mol. The zero-order valence-corrected chi connectivity index (χ0v) is 9.29. The second-order valence-electron chi connectivity index (χ2n) is 3.84. The van der Waals surface area contributed by atoms with Crippen LogP contribution >= 0.6 is 0 Å². The van der Waals surface area contributed by atoms with Crippen molar-refractivity contribution in [3.05, 3.63) is 24.3 Å². The van der Waals surface area contributed by atoms with E-state index in [1.165, 1.54) is 11.4 Å². The first-order valence-electron chi connectivity index (χ1n) is 5.52. The largest absolute Gasteiger partial charge is 0.381 e. The van der Waals surface area contributed by atoms with Gasteiger partial charge < -0.3 is 15.4 Å². The van der Waals surface area contributed by atoms with Gasteiger partial charge >= 0.3 is 0 Å². The van der Waals surface area contributed by atoms with E-state index < -0.39 is 0 Å². The van der Waals surface area contributed by atoms with Crippen molar-refractivity contribution in [3.8, 4) is 0 Å². The zero-order chi connectivity index (χ0) is 10.7. The van der Waals surface area contributed by atoms with Gasteiger partial charge in [0.1, 0.15) is 0 Å². The predicted octanol–water partition coefficient (Wildman–Crippen LogP) is 2.32. The van der Waals surface area contributed by atoms with Crippen LogP contribution in [-0.2, 0) is 4.74 Å². The fourth-order valence-electron chi connectivity index (χ4n) is 1.90. The van der Waals surface area contributed by atoms with Crippen molar-refractivity contribution in [2.45, 2.75) is 26.0 Å². The summed E-state index contributed by atoms with van der Waals surface area (Å²) < 4.78 is 5.59. The Labute approximate surface area is 90.8 Å². The summed E-state index contributed by atoms with van der Waals surface area (Å²) in [6, 6.07) is 8.61. The van der Waals surface area contributed by atoms with E-state index in [0.29, 0.717) is 6.04 Å². The standard InChI is InChI=1S/C12H18N2O/c1-3-15-9(2)12-8-13-10-6-4-5-7-11(10)14-12/h4-7,9,12-14H,3,8H2,1-2H3. The quantitative estimate of drug-likeness (QED) is 0.796. The molecule has 1 heterocycles. The molecule has 0 radical (unpaired) electrons. The van der Waals surface area contributed by atoms with Crippen LogP contribution in [-0.4, -0.2) is 25.3 Å². The molecule has 1 aromatic rings. The van der Waals surface area contributed by atoms with E-state index in [9.17, 15) is 0 Å². The number of hydrogen-bond donors (Lipinski definition) is 2. The first kappa shape index (κ1) is 10.3. The van der Waals surface area contributed by atoms with E-state index in [0.717, 1.165) is 13.2 Å². The lowest BCUT2D eigenvalue weighted by Gasteiger charge is -2.32. The van der Waals surface area contributed by atoms with E-state index >= 15 is 0 Å². The van der Waals surface area contributed by atoms with Gasteiger partial charge in [0.15, 0.2) is 0 Å². The van der Waals surface area contributed by atoms with E-state index in [-0.39, 0.29) is 6.10 Å². The number of para-hydroxylation sites is 2. The van der Waals surface area contributed by atoms with E-state index in [2.05, 4.69) is 29.7 Å². The Kier molecular flexibility index (Phi) is 3.11. The molecule has 82 valence electrons. The highest BCUT2D eigenvalue weighted by Gasteiger charge is 2.22. The molecule has 2 unspecified atom stereocenters. The lowest BCUT2D eigenvalue weighted by atomic mass is 10.1. The molecule has 0 saturated heterocycles. The summed E-state index contributed by atoms with van der Waals surface area (Å²) in [4.78, 5) is 0. The van der Waals surface area contributed by atoms with E-state index in [1.807, 2.05) is 19.1 Å².